The molecule has 0 aliphatic carbocycles. The average Bonchev–Trinajstić information content (AvgIpc) is 2.84. The van der Waals surface area contributed by atoms with Gasteiger partial charge >= 0.3 is 0 Å². The van der Waals surface area contributed by atoms with Crippen molar-refractivity contribution in [2.45, 2.75) is 39.5 Å². The number of rotatable bonds is 9. The summed E-state index contributed by atoms with van der Waals surface area (Å²) in [5, 5.41) is 5.59. The fourth-order valence-corrected chi connectivity index (χ4v) is 2.48. The van der Waals surface area contributed by atoms with Gasteiger partial charge in [-0.3, -0.25) is 0 Å². The first-order valence-corrected chi connectivity index (χ1v) is 7.21. The minimum absolute atomic E-state index is 0.134. The summed E-state index contributed by atoms with van der Waals surface area (Å²) in [5.74, 6) is 0. The van der Waals surface area contributed by atoms with Crippen LogP contribution in [0.15, 0.2) is 17.5 Å². The van der Waals surface area contributed by atoms with Crippen molar-refractivity contribution in [3.8, 4) is 0 Å². The Morgan fingerprint density at radius 1 is 1.24 bits per heavy atom. The maximum Gasteiger partial charge on any atom is 0.177 e. The average molecular weight is 257 g/mol. The molecule has 0 aromatic carbocycles. The predicted octanol–water partition coefficient (Wildman–Crippen LogP) is 3.19. The molecule has 0 aliphatic rings. The molecule has 98 valence electrons. The van der Waals surface area contributed by atoms with E-state index in [2.05, 4.69) is 29.8 Å². The molecule has 1 aromatic rings. The first-order chi connectivity index (χ1) is 8.33. The summed E-state index contributed by atoms with van der Waals surface area (Å²) in [6.45, 7) is 8.46. The van der Waals surface area contributed by atoms with Crippen LogP contribution in [-0.2, 0) is 9.47 Å². The van der Waals surface area contributed by atoms with Crippen LogP contribution in [0.1, 0.15) is 38.1 Å². The molecule has 17 heavy (non-hydrogen) atoms. The van der Waals surface area contributed by atoms with Gasteiger partial charge in [0.2, 0.25) is 0 Å². The van der Waals surface area contributed by atoms with Crippen LogP contribution in [0.3, 0.4) is 0 Å². The zero-order valence-electron chi connectivity index (χ0n) is 10.9. The molecule has 3 nitrogen and oxygen atoms in total. The lowest BCUT2D eigenvalue weighted by Gasteiger charge is -2.26. The van der Waals surface area contributed by atoms with E-state index in [1.54, 1.807) is 11.3 Å². The Hall–Kier alpha value is -0.420. The quantitative estimate of drug-likeness (QED) is 0.689. The van der Waals surface area contributed by atoms with Gasteiger partial charge in [0.15, 0.2) is 6.29 Å². The molecule has 0 saturated heterocycles. The van der Waals surface area contributed by atoms with E-state index in [4.69, 9.17) is 9.47 Å². The summed E-state index contributed by atoms with van der Waals surface area (Å²) in [6.07, 6.45) is 0.905. The highest BCUT2D eigenvalue weighted by Gasteiger charge is 2.24. The smallest absolute Gasteiger partial charge is 0.177 e. The van der Waals surface area contributed by atoms with E-state index in [0.29, 0.717) is 13.2 Å². The minimum Gasteiger partial charge on any atom is -0.351 e. The van der Waals surface area contributed by atoms with Crippen LogP contribution in [0.25, 0.3) is 0 Å². The van der Waals surface area contributed by atoms with Crippen molar-refractivity contribution in [3.63, 3.8) is 0 Å². The number of hydrogen-bond donors (Lipinski definition) is 1. The Labute approximate surface area is 108 Å². The Kier molecular flexibility index (Phi) is 7.44. The fourth-order valence-electron chi connectivity index (χ4n) is 1.67. The van der Waals surface area contributed by atoms with Crippen molar-refractivity contribution in [2.75, 3.05) is 19.8 Å². The minimum atomic E-state index is -0.199. The lowest BCUT2D eigenvalue weighted by Crippen LogP contribution is -2.35. The van der Waals surface area contributed by atoms with Crippen LogP contribution in [-0.4, -0.2) is 26.0 Å². The summed E-state index contributed by atoms with van der Waals surface area (Å²) in [6, 6.07) is 4.33. The number of nitrogens with one attached hydrogen (secondary N) is 1. The van der Waals surface area contributed by atoms with E-state index in [-0.39, 0.29) is 12.3 Å². The largest absolute Gasteiger partial charge is 0.351 e. The zero-order valence-corrected chi connectivity index (χ0v) is 11.8. The second-order valence-corrected chi connectivity index (χ2v) is 4.71. The van der Waals surface area contributed by atoms with Gasteiger partial charge in [0.05, 0.1) is 6.04 Å². The van der Waals surface area contributed by atoms with Crippen molar-refractivity contribution in [3.05, 3.63) is 22.4 Å². The third-order valence-electron chi connectivity index (χ3n) is 2.40. The van der Waals surface area contributed by atoms with Gasteiger partial charge < -0.3 is 14.8 Å². The zero-order chi connectivity index (χ0) is 12.5. The highest BCUT2D eigenvalue weighted by atomic mass is 32.1. The van der Waals surface area contributed by atoms with Crippen LogP contribution in [0, 0.1) is 0 Å². The standard InChI is InChI=1S/C13H23NO2S/c1-4-9-14-12(11-8-7-10-17-11)13(15-5-2)16-6-3/h7-8,10,12-14H,4-6,9H2,1-3H3. The topological polar surface area (TPSA) is 30.5 Å². The molecule has 0 spiro atoms. The molecule has 1 N–H and O–H groups in total. The summed E-state index contributed by atoms with van der Waals surface area (Å²) < 4.78 is 11.4. The van der Waals surface area contributed by atoms with Gasteiger partial charge in [0.25, 0.3) is 0 Å². The molecule has 0 aliphatic heterocycles. The van der Waals surface area contributed by atoms with Crippen LogP contribution >= 0.6 is 11.3 Å². The highest BCUT2D eigenvalue weighted by Crippen LogP contribution is 2.24. The SMILES string of the molecule is CCCNC(c1cccs1)C(OCC)OCC. The van der Waals surface area contributed by atoms with Crippen molar-refractivity contribution in [2.24, 2.45) is 0 Å². The first-order valence-electron chi connectivity index (χ1n) is 6.33. The van der Waals surface area contributed by atoms with Crippen molar-refractivity contribution in [1.29, 1.82) is 0 Å². The molecule has 4 heteroatoms. The van der Waals surface area contributed by atoms with E-state index in [1.165, 1.54) is 4.88 Å². The Bertz CT molecular complexity index is 271. The Morgan fingerprint density at radius 2 is 1.94 bits per heavy atom. The van der Waals surface area contributed by atoms with Gasteiger partial charge in [-0.2, -0.15) is 0 Å². The van der Waals surface area contributed by atoms with Crippen LogP contribution < -0.4 is 5.32 Å². The molecule has 0 bridgehead atoms. The number of thiophene rings is 1. The highest BCUT2D eigenvalue weighted by molar-refractivity contribution is 7.10. The number of hydrogen-bond acceptors (Lipinski definition) is 4. The summed E-state index contributed by atoms with van der Waals surface area (Å²) in [5.41, 5.74) is 0. The molecule has 0 amide bonds. The van der Waals surface area contributed by atoms with Crippen molar-refractivity contribution >= 4 is 11.3 Å². The predicted molar refractivity (Wildman–Crippen MR) is 72.4 cm³/mol. The van der Waals surface area contributed by atoms with Crippen molar-refractivity contribution < 1.29 is 9.47 Å². The first kappa shape index (κ1) is 14.6. The maximum absolute atomic E-state index is 5.69. The van der Waals surface area contributed by atoms with Gasteiger partial charge in [-0.05, 0) is 38.3 Å². The molecule has 1 rings (SSSR count). The molecule has 0 radical (unpaired) electrons. The summed E-state index contributed by atoms with van der Waals surface area (Å²) >= 11 is 1.74. The van der Waals surface area contributed by atoms with E-state index in [0.717, 1.165) is 13.0 Å². The van der Waals surface area contributed by atoms with E-state index >= 15 is 0 Å². The van der Waals surface area contributed by atoms with Crippen LogP contribution in [0.4, 0.5) is 0 Å². The second kappa shape index (κ2) is 8.64. The fraction of sp³-hybridized carbons (Fsp3) is 0.692. The van der Waals surface area contributed by atoms with Gasteiger partial charge in [0.1, 0.15) is 0 Å². The van der Waals surface area contributed by atoms with Crippen LogP contribution in [0.5, 0.6) is 0 Å². The second-order valence-electron chi connectivity index (χ2n) is 3.73. The van der Waals surface area contributed by atoms with E-state index in [1.807, 2.05) is 13.8 Å². The normalized spacial score (nSPS) is 13.2. The molecule has 1 heterocycles. The molecule has 1 atom stereocenters. The third-order valence-corrected chi connectivity index (χ3v) is 3.35. The molecule has 0 saturated carbocycles. The summed E-state index contributed by atoms with van der Waals surface area (Å²) in [7, 11) is 0. The van der Waals surface area contributed by atoms with E-state index in [9.17, 15) is 0 Å². The number of ether oxygens (including phenoxy) is 2. The Balaban J connectivity index is 2.71. The molecular formula is C13H23NO2S. The lowest BCUT2D eigenvalue weighted by molar-refractivity contribution is -0.154. The molecular weight excluding hydrogens is 234 g/mol. The van der Waals surface area contributed by atoms with Gasteiger partial charge in [-0.1, -0.05) is 13.0 Å². The summed E-state index contributed by atoms with van der Waals surface area (Å²) in [4.78, 5) is 1.27. The molecule has 1 aromatic heterocycles. The molecule has 1 unspecified atom stereocenters. The maximum atomic E-state index is 5.69. The van der Waals surface area contributed by atoms with Crippen molar-refractivity contribution in [1.82, 2.24) is 5.32 Å². The molecule has 0 fully saturated rings. The van der Waals surface area contributed by atoms with Gasteiger partial charge in [0, 0.05) is 18.1 Å². The monoisotopic (exact) mass is 257 g/mol. The Morgan fingerprint density at radius 3 is 2.41 bits per heavy atom. The lowest BCUT2D eigenvalue weighted by atomic mass is 10.2. The van der Waals surface area contributed by atoms with Gasteiger partial charge in [-0.15, -0.1) is 11.3 Å². The van der Waals surface area contributed by atoms with Gasteiger partial charge in [-0.25, -0.2) is 0 Å². The third kappa shape index (κ3) is 4.76. The van der Waals surface area contributed by atoms with Crippen LogP contribution in [0.2, 0.25) is 0 Å². The van der Waals surface area contributed by atoms with E-state index < -0.39 is 0 Å².